The van der Waals surface area contributed by atoms with Gasteiger partial charge < -0.3 is 15.8 Å². The molecular weight excluding hydrogens is 388 g/mol. The highest BCUT2D eigenvalue weighted by atomic mass is 32.1. The Kier molecular flexibility index (Phi) is 5.10. The van der Waals surface area contributed by atoms with Crippen LogP contribution < -0.4 is 21.3 Å². The van der Waals surface area contributed by atoms with E-state index in [1.807, 2.05) is 12.1 Å². The predicted molar refractivity (Wildman–Crippen MR) is 113 cm³/mol. The summed E-state index contributed by atoms with van der Waals surface area (Å²) in [6.45, 7) is 1.77. The Morgan fingerprint density at radius 1 is 1.34 bits per heavy atom. The number of aromatic nitrogens is 2. The van der Waals surface area contributed by atoms with Crippen molar-refractivity contribution < 1.29 is 9.53 Å². The number of fused-ring (bicyclic) bond motifs is 1. The van der Waals surface area contributed by atoms with Crippen molar-refractivity contribution in [2.45, 2.75) is 32.2 Å². The number of thiazole rings is 1. The lowest BCUT2D eigenvalue weighted by Gasteiger charge is -2.23. The van der Waals surface area contributed by atoms with Crippen LogP contribution in [0.15, 0.2) is 41.3 Å². The van der Waals surface area contributed by atoms with Gasteiger partial charge in [0.05, 0.1) is 18.5 Å². The van der Waals surface area contributed by atoms with Crippen molar-refractivity contribution in [2.75, 3.05) is 12.8 Å². The minimum atomic E-state index is -0.370. The molecule has 0 fully saturated rings. The number of carbonyl (C=O) groups excluding carboxylic acids is 1. The summed E-state index contributed by atoms with van der Waals surface area (Å²) in [6, 6.07) is 8.94. The zero-order valence-electron chi connectivity index (χ0n) is 16.3. The number of hydrogen-bond donors (Lipinski definition) is 2. The van der Waals surface area contributed by atoms with Gasteiger partial charge in [-0.3, -0.25) is 14.2 Å². The van der Waals surface area contributed by atoms with Crippen LogP contribution in [0.3, 0.4) is 0 Å². The summed E-state index contributed by atoms with van der Waals surface area (Å²) in [5, 5.41) is 3.58. The van der Waals surface area contributed by atoms with Gasteiger partial charge in [0.1, 0.15) is 11.3 Å². The third-order valence-corrected chi connectivity index (χ3v) is 6.11. The third kappa shape index (κ3) is 3.63. The third-order valence-electron chi connectivity index (χ3n) is 5.16. The van der Waals surface area contributed by atoms with E-state index in [2.05, 4.69) is 10.3 Å². The molecule has 1 amide bonds. The molecule has 1 aliphatic rings. The summed E-state index contributed by atoms with van der Waals surface area (Å²) in [4.78, 5) is 31.6. The fourth-order valence-electron chi connectivity index (χ4n) is 3.70. The highest BCUT2D eigenvalue weighted by Crippen LogP contribution is 2.28. The van der Waals surface area contributed by atoms with Crippen molar-refractivity contribution in [2.24, 2.45) is 0 Å². The van der Waals surface area contributed by atoms with E-state index in [0.29, 0.717) is 28.6 Å². The molecule has 0 bridgehead atoms. The maximum Gasteiger partial charge on any atom is 0.268 e. The minimum absolute atomic E-state index is 0.0476. The Labute approximate surface area is 172 Å². The van der Waals surface area contributed by atoms with Crippen LogP contribution in [-0.2, 0) is 12.8 Å². The maximum absolute atomic E-state index is 13.2. The largest absolute Gasteiger partial charge is 0.495 e. The molecule has 0 saturated heterocycles. The van der Waals surface area contributed by atoms with Gasteiger partial charge in [0.25, 0.3) is 11.5 Å². The van der Waals surface area contributed by atoms with E-state index in [1.165, 1.54) is 15.9 Å². The van der Waals surface area contributed by atoms with Crippen molar-refractivity contribution in [3.63, 3.8) is 0 Å². The molecule has 1 aliphatic carbocycles. The number of ether oxygens (including phenoxy) is 1. The molecule has 0 radical (unpaired) electrons. The Balaban J connectivity index is 1.63. The van der Waals surface area contributed by atoms with Crippen LogP contribution in [0.1, 0.15) is 32.9 Å². The lowest BCUT2D eigenvalue weighted by Crippen LogP contribution is -2.41. The summed E-state index contributed by atoms with van der Waals surface area (Å²) in [5.41, 5.74) is 7.82. The number of benzene rings is 1. The van der Waals surface area contributed by atoms with E-state index in [0.717, 1.165) is 23.4 Å². The van der Waals surface area contributed by atoms with Crippen molar-refractivity contribution in [1.29, 1.82) is 0 Å². The van der Waals surface area contributed by atoms with Gasteiger partial charge in [-0.15, -0.1) is 11.3 Å². The number of hydrogen-bond acceptors (Lipinski definition) is 6. The van der Waals surface area contributed by atoms with Crippen LogP contribution in [-0.4, -0.2) is 28.6 Å². The van der Waals surface area contributed by atoms with Gasteiger partial charge in [0.15, 0.2) is 5.13 Å². The molecule has 1 aromatic carbocycles. The van der Waals surface area contributed by atoms with Crippen molar-refractivity contribution in [3.8, 4) is 11.4 Å². The number of nitrogens with one attached hydrogen (secondary N) is 1. The second-order valence-corrected chi connectivity index (χ2v) is 8.17. The highest BCUT2D eigenvalue weighted by Gasteiger charge is 2.25. The fourth-order valence-corrected chi connectivity index (χ4v) is 4.66. The average Bonchev–Trinajstić information content (AvgIpc) is 3.07. The quantitative estimate of drug-likeness (QED) is 0.688. The van der Waals surface area contributed by atoms with Gasteiger partial charge in [0, 0.05) is 23.5 Å². The first-order valence-electron chi connectivity index (χ1n) is 9.38. The number of para-hydroxylation sites is 2. The molecule has 0 unspecified atom stereocenters. The number of methoxy groups -OCH3 is 1. The van der Waals surface area contributed by atoms with Gasteiger partial charge in [-0.05, 0) is 43.5 Å². The second kappa shape index (κ2) is 7.71. The molecule has 4 rings (SSSR count). The molecule has 3 N–H and O–H groups in total. The standard InChI is InChI=1S/C21H22N4O3S/c1-12-9-10-25(15-5-3-4-6-16(15)28-2)20(27)18(12)19(26)23-13-7-8-14-17(11-13)29-21(22)24-14/h3-6,9-10,13H,7-8,11H2,1-2H3,(H2,22,24)(H,23,26)/t13-/m0/s1. The molecule has 0 saturated carbocycles. The number of rotatable bonds is 4. The minimum Gasteiger partial charge on any atom is -0.495 e. The first kappa shape index (κ1) is 19.2. The number of nitrogens with zero attached hydrogens (tertiary/aromatic N) is 2. The molecule has 29 heavy (non-hydrogen) atoms. The van der Waals surface area contributed by atoms with Gasteiger partial charge in [0.2, 0.25) is 0 Å². The number of pyridine rings is 1. The van der Waals surface area contributed by atoms with E-state index in [1.54, 1.807) is 38.4 Å². The molecule has 1 atom stereocenters. The zero-order valence-corrected chi connectivity index (χ0v) is 17.1. The van der Waals surface area contributed by atoms with Gasteiger partial charge in [-0.2, -0.15) is 0 Å². The van der Waals surface area contributed by atoms with Crippen molar-refractivity contribution in [3.05, 3.63) is 68.6 Å². The monoisotopic (exact) mass is 410 g/mol. The molecule has 8 heteroatoms. The summed E-state index contributed by atoms with van der Waals surface area (Å²) >= 11 is 1.46. The number of nitrogens with two attached hydrogens (primary N) is 1. The van der Waals surface area contributed by atoms with E-state index < -0.39 is 0 Å². The maximum atomic E-state index is 13.2. The van der Waals surface area contributed by atoms with E-state index in [4.69, 9.17) is 10.5 Å². The molecular formula is C21H22N4O3S. The number of nitrogen functional groups attached to an aromatic ring is 1. The summed E-state index contributed by atoms with van der Waals surface area (Å²) in [5.74, 6) is 0.204. The first-order valence-corrected chi connectivity index (χ1v) is 10.2. The molecule has 7 nitrogen and oxygen atoms in total. The van der Waals surface area contributed by atoms with E-state index in [-0.39, 0.29) is 23.1 Å². The Morgan fingerprint density at radius 2 is 2.14 bits per heavy atom. The van der Waals surface area contributed by atoms with Crippen LogP contribution in [0.2, 0.25) is 0 Å². The van der Waals surface area contributed by atoms with E-state index in [9.17, 15) is 9.59 Å². The number of aryl methyl sites for hydroxylation is 2. The summed E-state index contributed by atoms with van der Waals surface area (Å²) < 4.78 is 6.81. The Morgan fingerprint density at radius 3 is 2.93 bits per heavy atom. The number of anilines is 1. The fraction of sp³-hybridized carbons (Fsp3) is 0.286. The number of amides is 1. The van der Waals surface area contributed by atoms with Gasteiger partial charge >= 0.3 is 0 Å². The van der Waals surface area contributed by atoms with Crippen molar-refractivity contribution in [1.82, 2.24) is 14.9 Å². The van der Waals surface area contributed by atoms with Crippen LogP contribution in [0.25, 0.3) is 5.69 Å². The molecule has 150 valence electrons. The summed E-state index contributed by atoms with van der Waals surface area (Å²) in [7, 11) is 1.55. The Bertz CT molecular complexity index is 1140. The molecule has 2 heterocycles. The smallest absolute Gasteiger partial charge is 0.268 e. The Hall–Kier alpha value is -3.13. The average molecular weight is 410 g/mol. The topological polar surface area (TPSA) is 99.2 Å². The van der Waals surface area contributed by atoms with Crippen LogP contribution >= 0.6 is 11.3 Å². The second-order valence-electron chi connectivity index (χ2n) is 7.06. The molecule has 0 aliphatic heterocycles. The molecule has 3 aromatic rings. The van der Waals surface area contributed by atoms with Crippen LogP contribution in [0.4, 0.5) is 5.13 Å². The first-order chi connectivity index (χ1) is 14.0. The summed E-state index contributed by atoms with van der Waals surface area (Å²) in [6.07, 6.45) is 3.89. The van der Waals surface area contributed by atoms with Gasteiger partial charge in [-0.1, -0.05) is 12.1 Å². The highest BCUT2D eigenvalue weighted by molar-refractivity contribution is 7.15. The molecule has 0 spiro atoms. The lowest BCUT2D eigenvalue weighted by atomic mass is 9.97. The van der Waals surface area contributed by atoms with Crippen LogP contribution in [0.5, 0.6) is 5.75 Å². The zero-order chi connectivity index (χ0) is 20.5. The SMILES string of the molecule is COc1ccccc1-n1ccc(C)c(C(=O)N[C@H]2CCc3nc(N)sc3C2)c1=O. The predicted octanol–water partition coefficient (Wildman–Crippen LogP) is 2.48. The normalized spacial score (nSPS) is 15.6. The van der Waals surface area contributed by atoms with E-state index >= 15 is 0 Å². The van der Waals surface area contributed by atoms with Crippen molar-refractivity contribution >= 4 is 22.4 Å². The lowest BCUT2D eigenvalue weighted by molar-refractivity contribution is 0.0931. The molecule has 2 aromatic heterocycles. The van der Waals surface area contributed by atoms with Crippen LogP contribution in [0, 0.1) is 6.92 Å². The van der Waals surface area contributed by atoms with Gasteiger partial charge in [-0.25, -0.2) is 4.98 Å². The number of carbonyl (C=O) groups is 1.